The number of nitrogens with one attached hydrogen (secondary N) is 1. The Kier molecular flexibility index (Phi) is 6.64. The quantitative estimate of drug-likeness (QED) is 0.690. The maximum Gasteiger partial charge on any atom is 0.277 e. The van der Waals surface area contributed by atoms with E-state index in [2.05, 4.69) is 19.2 Å². The van der Waals surface area contributed by atoms with Crippen LogP contribution >= 0.6 is 0 Å². The summed E-state index contributed by atoms with van der Waals surface area (Å²) in [4.78, 5) is 29.6. The second-order valence-electron chi connectivity index (χ2n) is 10.5. The lowest BCUT2D eigenvalue weighted by molar-refractivity contribution is -0.127. The first-order valence-electron chi connectivity index (χ1n) is 12.5. The molecule has 178 valence electrons. The average molecular weight is 451 g/mol. The third-order valence-corrected chi connectivity index (χ3v) is 7.30. The summed E-state index contributed by atoms with van der Waals surface area (Å²) in [5, 5.41) is 8.05. The van der Waals surface area contributed by atoms with Crippen LogP contribution in [0.1, 0.15) is 98.9 Å². The smallest absolute Gasteiger partial charge is 0.277 e. The molecule has 1 N–H and O–H groups in total. The van der Waals surface area contributed by atoms with Crippen LogP contribution in [0, 0.1) is 13.8 Å². The molecule has 1 atom stereocenters. The molecule has 0 saturated heterocycles. The van der Waals surface area contributed by atoms with Gasteiger partial charge in [0.1, 0.15) is 11.2 Å². The maximum atomic E-state index is 13.9. The van der Waals surface area contributed by atoms with Crippen molar-refractivity contribution in [3.05, 3.63) is 46.8 Å². The molecule has 1 saturated carbocycles. The minimum Gasteiger partial charge on any atom is -0.351 e. The van der Waals surface area contributed by atoms with Crippen LogP contribution in [0.3, 0.4) is 0 Å². The van der Waals surface area contributed by atoms with Crippen LogP contribution in [0.2, 0.25) is 0 Å². The third kappa shape index (κ3) is 4.57. The van der Waals surface area contributed by atoms with E-state index in [1.807, 2.05) is 45.0 Å². The second kappa shape index (κ2) is 9.32. The standard InChI is InChI=1S/C27H38N4O2/c1-18(2)22-16-24-25(32)31(23-15-19(3)13-14-20(23)4)27(5,17-30(24)29-22)26(33)28-21-11-9-7-6-8-10-12-21/h13-16,18,21H,6-12,17H2,1-5H3,(H,28,33)/t27-/m0/s1. The van der Waals surface area contributed by atoms with Crippen molar-refractivity contribution in [2.45, 2.75) is 104 Å². The van der Waals surface area contributed by atoms with E-state index in [0.29, 0.717) is 12.2 Å². The van der Waals surface area contributed by atoms with E-state index in [0.717, 1.165) is 48.2 Å². The van der Waals surface area contributed by atoms with Gasteiger partial charge in [-0.15, -0.1) is 0 Å². The number of hydrogen-bond donors (Lipinski definition) is 1. The number of aromatic nitrogens is 2. The van der Waals surface area contributed by atoms with Crippen molar-refractivity contribution >= 4 is 17.5 Å². The summed E-state index contributed by atoms with van der Waals surface area (Å²) in [6.45, 7) is 10.4. The summed E-state index contributed by atoms with van der Waals surface area (Å²) in [6.07, 6.45) is 8.03. The van der Waals surface area contributed by atoms with Gasteiger partial charge in [-0.1, -0.05) is 58.1 Å². The first-order chi connectivity index (χ1) is 15.7. The Hall–Kier alpha value is -2.63. The van der Waals surface area contributed by atoms with E-state index in [1.54, 1.807) is 9.58 Å². The number of fused-ring (bicyclic) bond motifs is 1. The van der Waals surface area contributed by atoms with Gasteiger partial charge < -0.3 is 5.32 Å². The fourth-order valence-electron chi connectivity index (χ4n) is 5.16. The molecule has 6 nitrogen and oxygen atoms in total. The SMILES string of the molecule is Cc1ccc(C)c(N2C(=O)c3cc(C(C)C)nn3C[C@@]2(C)C(=O)NC2CCCCCCC2)c1. The number of benzene rings is 1. The number of rotatable bonds is 4. The Labute approximate surface area is 197 Å². The molecule has 0 unspecified atom stereocenters. The summed E-state index contributed by atoms with van der Waals surface area (Å²) in [7, 11) is 0. The van der Waals surface area contributed by atoms with E-state index in [9.17, 15) is 9.59 Å². The zero-order valence-corrected chi connectivity index (χ0v) is 20.8. The molecule has 1 aromatic carbocycles. The normalized spacial score (nSPS) is 22.1. The number of hydrogen-bond acceptors (Lipinski definition) is 3. The molecular formula is C27H38N4O2. The van der Waals surface area contributed by atoms with Crippen molar-refractivity contribution in [2.75, 3.05) is 4.90 Å². The molecule has 6 heteroatoms. The van der Waals surface area contributed by atoms with Crippen molar-refractivity contribution in [1.82, 2.24) is 15.1 Å². The number of amides is 2. The first-order valence-corrected chi connectivity index (χ1v) is 12.5. The highest BCUT2D eigenvalue weighted by molar-refractivity contribution is 6.12. The first kappa shape index (κ1) is 23.5. The molecule has 2 aromatic rings. The van der Waals surface area contributed by atoms with E-state index in [-0.39, 0.29) is 23.8 Å². The summed E-state index contributed by atoms with van der Waals surface area (Å²) in [5.74, 6) is -0.0423. The summed E-state index contributed by atoms with van der Waals surface area (Å²) in [5.41, 5.74) is 3.21. The van der Waals surface area contributed by atoms with Gasteiger partial charge in [-0.25, -0.2) is 0 Å². The minimum absolute atomic E-state index is 0.0884. The number of carbonyl (C=O) groups excluding carboxylic acids is 2. The molecular weight excluding hydrogens is 412 g/mol. The van der Waals surface area contributed by atoms with Crippen LogP contribution in [-0.2, 0) is 11.3 Å². The van der Waals surface area contributed by atoms with Gasteiger partial charge in [-0.05, 0) is 62.8 Å². The average Bonchev–Trinajstić information content (AvgIpc) is 3.16. The molecule has 4 rings (SSSR count). The zero-order valence-electron chi connectivity index (χ0n) is 20.8. The summed E-state index contributed by atoms with van der Waals surface area (Å²) < 4.78 is 1.75. The van der Waals surface area contributed by atoms with E-state index in [4.69, 9.17) is 5.10 Å². The fraction of sp³-hybridized carbons (Fsp3) is 0.593. The van der Waals surface area contributed by atoms with Crippen LogP contribution < -0.4 is 10.2 Å². The lowest BCUT2D eigenvalue weighted by Crippen LogP contribution is -2.65. The van der Waals surface area contributed by atoms with Crippen LogP contribution in [0.25, 0.3) is 0 Å². The van der Waals surface area contributed by atoms with Gasteiger partial charge in [0, 0.05) is 11.7 Å². The molecule has 1 aliphatic heterocycles. The Bertz CT molecular complexity index is 1030. The van der Waals surface area contributed by atoms with Crippen LogP contribution in [0.5, 0.6) is 0 Å². The third-order valence-electron chi connectivity index (χ3n) is 7.30. The Balaban J connectivity index is 1.75. The second-order valence-corrected chi connectivity index (χ2v) is 10.5. The molecule has 1 fully saturated rings. The molecule has 0 bridgehead atoms. The van der Waals surface area contributed by atoms with Crippen molar-refractivity contribution in [3.63, 3.8) is 0 Å². The molecule has 2 aliphatic rings. The lowest BCUT2D eigenvalue weighted by Gasteiger charge is -2.44. The van der Waals surface area contributed by atoms with Crippen molar-refractivity contribution in [2.24, 2.45) is 0 Å². The Morgan fingerprint density at radius 2 is 1.76 bits per heavy atom. The molecule has 2 amide bonds. The van der Waals surface area contributed by atoms with E-state index < -0.39 is 5.54 Å². The number of aryl methyl sites for hydroxylation is 2. The van der Waals surface area contributed by atoms with Crippen molar-refractivity contribution < 1.29 is 9.59 Å². The topological polar surface area (TPSA) is 67.2 Å². The summed E-state index contributed by atoms with van der Waals surface area (Å²) in [6, 6.07) is 8.13. The lowest BCUT2D eigenvalue weighted by atomic mass is 9.91. The molecule has 0 spiro atoms. The fourth-order valence-corrected chi connectivity index (χ4v) is 5.16. The highest BCUT2D eigenvalue weighted by Gasteiger charge is 2.49. The van der Waals surface area contributed by atoms with Gasteiger partial charge in [0.2, 0.25) is 5.91 Å². The molecule has 33 heavy (non-hydrogen) atoms. The summed E-state index contributed by atoms with van der Waals surface area (Å²) >= 11 is 0. The van der Waals surface area contributed by atoms with Gasteiger partial charge in [0.25, 0.3) is 5.91 Å². The highest BCUT2D eigenvalue weighted by atomic mass is 16.2. The van der Waals surface area contributed by atoms with Crippen LogP contribution in [0.15, 0.2) is 24.3 Å². The number of anilines is 1. The van der Waals surface area contributed by atoms with Crippen LogP contribution in [0.4, 0.5) is 5.69 Å². The van der Waals surface area contributed by atoms with Gasteiger partial charge in [-0.3, -0.25) is 19.2 Å². The largest absolute Gasteiger partial charge is 0.351 e. The van der Waals surface area contributed by atoms with E-state index in [1.165, 1.54) is 19.3 Å². The van der Waals surface area contributed by atoms with Gasteiger partial charge in [-0.2, -0.15) is 5.10 Å². The van der Waals surface area contributed by atoms with Gasteiger partial charge >= 0.3 is 0 Å². The van der Waals surface area contributed by atoms with E-state index >= 15 is 0 Å². The van der Waals surface area contributed by atoms with Crippen LogP contribution in [-0.4, -0.2) is 33.2 Å². The Morgan fingerprint density at radius 1 is 1.09 bits per heavy atom. The predicted octanol–water partition coefficient (Wildman–Crippen LogP) is 5.27. The predicted molar refractivity (Wildman–Crippen MR) is 132 cm³/mol. The highest BCUT2D eigenvalue weighted by Crippen LogP contribution is 2.36. The zero-order chi connectivity index (χ0) is 23.8. The molecule has 2 heterocycles. The molecule has 1 aliphatic carbocycles. The van der Waals surface area contributed by atoms with Gasteiger partial charge in [0.15, 0.2) is 0 Å². The minimum atomic E-state index is -1.06. The maximum absolute atomic E-state index is 13.9. The number of nitrogens with zero attached hydrogens (tertiary/aromatic N) is 3. The Morgan fingerprint density at radius 3 is 2.42 bits per heavy atom. The molecule has 1 aromatic heterocycles. The van der Waals surface area contributed by atoms with Gasteiger partial charge in [0.05, 0.1) is 12.2 Å². The number of carbonyl (C=O) groups is 2. The molecule has 0 radical (unpaired) electrons. The van der Waals surface area contributed by atoms with Crippen molar-refractivity contribution in [3.8, 4) is 0 Å². The van der Waals surface area contributed by atoms with Crippen molar-refractivity contribution in [1.29, 1.82) is 0 Å². The monoisotopic (exact) mass is 450 g/mol.